The second-order valence-corrected chi connectivity index (χ2v) is 5.47. The quantitative estimate of drug-likeness (QED) is 0.766. The Labute approximate surface area is 149 Å². The molecule has 0 fully saturated rings. The molecule has 2 aromatic rings. The molecule has 0 unspecified atom stereocenters. The minimum absolute atomic E-state index is 0.0220. The van der Waals surface area contributed by atoms with Crippen LogP contribution < -0.4 is 10.6 Å². The number of alkyl halides is 6. The summed E-state index contributed by atoms with van der Waals surface area (Å²) in [5.41, 5.74) is 1.36. The first-order valence-electron chi connectivity index (χ1n) is 7.39. The lowest BCUT2D eigenvalue weighted by atomic mass is 10.0. The van der Waals surface area contributed by atoms with Crippen LogP contribution in [0.3, 0.4) is 0 Å². The number of rotatable bonds is 4. The summed E-state index contributed by atoms with van der Waals surface area (Å²) < 4.78 is 73.1. The fourth-order valence-electron chi connectivity index (χ4n) is 2.05. The van der Waals surface area contributed by atoms with Crippen LogP contribution in [0.1, 0.15) is 11.1 Å². The standard InChI is InChI=1S/C17H12F6N2O2/c18-16(19,20)14(26)24-12-5-1-10(2-6-12)9-11-3-7-13(8-4-11)25-15(27)17(21,22)23/h1-8H,9H2,(H,24,26)(H,25,27). The van der Waals surface area contributed by atoms with Crippen LogP contribution in [0.15, 0.2) is 48.5 Å². The van der Waals surface area contributed by atoms with Crippen molar-refractivity contribution in [3.05, 3.63) is 59.7 Å². The smallest absolute Gasteiger partial charge is 0.318 e. The van der Waals surface area contributed by atoms with Crippen molar-refractivity contribution in [2.24, 2.45) is 0 Å². The van der Waals surface area contributed by atoms with Crippen molar-refractivity contribution in [2.75, 3.05) is 10.6 Å². The van der Waals surface area contributed by atoms with Gasteiger partial charge in [-0.05, 0) is 41.8 Å². The summed E-state index contributed by atoms with van der Waals surface area (Å²) in [6, 6.07) is 11.2. The molecule has 0 heterocycles. The highest BCUT2D eigenvalue weighted by Crippen LogP contribution is 2.21. The number of hydrogen-bond acceptors (Lipinski definition) is 2. The summed E-state index contributed by atoms with van der Waals surface area (Å²) in [4.78, 5) is 21.7. The third kappa shape index (κ3) is 6.01. The van der Waals surface area contributed by atoms with Gasteiger partial charge in [-0.1, -0.05) is 24.3 Å². The van der Waals surface area contributed by atoms with Gasteiger partial charge in [-0.25, -0.2) is 0 Å². The summed E-state index contributed by atoms with van der Waals surface area (Å²) in [5, 5.41) is 3.43. The Hall–Kier alpha value is -3.04. The van der Waals surface area contributed by atoms with Crippen molar-refractivity contribution < 1.29 is 35.9 Å². The second-order valence-electron chi connectivity index (χ2n) is 5.47. The molecule has 0 aromatic heterocycles. The molecule has 2 N–H and O–H groups in total. The number of benzene rings is 2. The van der Waals surface area contributed by atoms with Crippen LogP contribution in [0.2, 0.25) is 0 Å². The Balaban J connectivity index is 1.97. The van der Waals surface area contributed by atoms with E-state index in [0.717, 1.165) is 0 Å². The Bertz CT molecular complexity index is 742. The van der Waals surface area contributed by atoms with E-state index in [1.165, 1.54) is 48.5 Å². The number of carbonyl (C=O) groups is 2. The van der Waals surface area contributed by atoms with Gasteiger partial charge in [-0.15, -0.1) is 0 Å². The molecule has 0 spiro atoms. The highest BCUT2D eigenvalue weighted by Gasteiger charge is 2.39. The number of hydrogen-bond donors (Lipinski definition) is 2. The predicted octanol–water partition coefficient (Wildman–Crippen LogP) is 4.28. The van der Waals surface area contributed by atoms with Crippen LogP contribution in [0, 0.1) is 0 Å². The molecule has 0 aliphatic carbocycles. The largest absolute Gasteiger partial charge is 0.471 e. The molecule has 10 heteroatoms. The Morgan fingerprint density at radius 2 is 0.926 bits per heavy atom. The maximum atomic E-state index is 12.2. The van der Waals surface area contributed by atoms with Crippen molar-refractivity contribution in [1.82, 2.24) is 0 Å². The minimum atomic E-state index is -4.98. The van der Waals surface area contributed by atoms with Gasteiger partial charge >= 0.3 is 24.2 Å². The topological polar surface area (TPSA) is 58.2 Å². The molecular weight excluding hydrogens is 378 g/mol. The first kappa shape index (κ1) is 20.3. The zero-order valence-electron chi connectivity index (χ0n) is 13.4. The predicted molar refractivity (Wildman–Crippen MR) is 85.1 cm³/mol. The number of nitrogens with one attached hydrogen (secondary N) is 2. The van der Waals surface area contributed by atoms with Gasteiger partial charge < -0.3 is 10.6 Å². The molecule has 0 aliphatic rings. The fraction of sp³-hybridized carbons (Fsp3) is 0.176. The summed E-state index contributed by atoms with van der Waals surface area (Å²) in [7, 11) is 0. The Morgan fingerprint density at radius 1 is 0.630 bits per heavy atom. The molecule has 27 heavy (non-hydrogen) atoms. The van der Waals surface area contributed by atoms with Gasteiger partial charge in [0.25, 0.3) is 0 Å². The molecule has 0 radical (unpaired) electrons. The average Bonchev–Trinajstić information content (AvgIpc) is 2.56. The molecule has 0 atom stereocenters. The van der Waals surface area contributed by atoms with Gasteiger partial charge in [0.1, 0.15) is 0 Å². The van der Waals surface area contributed by atoms with E-state index in [1.54, 1.807) is 10.6 Å². The van der Waals surface area contributed by atoms with Gasteiger partial charge in [-0.3, -0.25) is 9.59 Å². The van der Waals surface area contributed by atoms with E-state index in [0.29, 0.717) is 17.5 Å². The number of anilines is 2. The minimum Gasteiger partial charge on any atom is -0.318 e. The van der Waals surface area contributed by atoms with E-state index in [-0.39, 0.29) is 11.4 Å². The normalized spacial score (nSPS) is 11.8. The van der Waals surface area contributed by atoms with Gasteiger partial charge in [0.15, 0.2) is 0 Å². The SMILES string of the molecule is O=C(Nc1ccc(Cc2ccc(NC(=O)C(F)(F)F)cc2)cc1)C(F)(F)F. The molecule has 144 valence electrons. The van der Waals surface area contributed by atoms with Crippen molar-refractivity contribution >= 4 is 23.2 Å². The lowest BCUT2D eigenvalue weighted by Crippen LogP contribution is -2.29. The molecule has 0 bridgehead atoms. The van der Waals surface area contributed by atoms with Gasteiger partial charge in [0, 0.05) is 11.4 Å². The van der Waals surface area contributed by atoms with E-state index in [4.69, 9.17) is 0 Å². The van der Waals surface area contributed by atoms with Crippen LogP contribution in [0.4, 0.5) is 37.7 Å². The molecule has 2 aromatic carbocycles. The molecule has 0 saturated heterocycles. The Morgan fingerprint density at radius 3 is 1.19 bits per heavy atom. The van der Waals surface area contributed by atoms with E-state index in [1.807, 2.05) is 0 Å². The van der Waals surface area contributed by atoms with Crippen molar-refractivity contribution in [3.63, 3.8) is 0 Å². The molecule has 4 nitrogen and oxygen atoms in total. The van der Waals surface area contributed by atoms with Crippen LogP contribution in [-0.2, 0) is 16.0 Å². The molecule has 2 amide bonds. The van der Waals surface area contributed by atoms with E-state index in [9.17, 15) is 35.9 Å². The van der Waals surface area contributed by atoms with Crippen LogP contribution in [-0.4, -0.2) is 24.2 Å². The van der Waals surface area contributed by atoms with Crippen molar-refractivity contribution in [2.45, 2.75) is 18.8 Å². The average molecular weight is 390 g/mol. The molecule has 0 saturated carbocycles. The van der Waals surface area contributed by atoms with Crippen molar-refractivity contribution in [1.29, 1.82) is 0 Å². The first-order valence-corrected chi connectivity index (χ1v) is 7.39. The summed E-state index contributed by atoms with van der Waals surface area (Å²) in [5.74, 6) is -4.15. The maximum absolute atomic E-state index is 12.2. The summed E-state index contributed by atoms with van der Waals surface area (Å²) in [6.45, 7) is 0. The monoisotopic (exact) mass is 390 g/mol. The van der Waals surface area contributed by atoms with Crippen LogP contribution in [0.25, 0.3) is 0 Å². The fourth-order valence-corrected chi connectivity index (χ4v) is 2.05. The second kappa shape index (κ2) is 7.68. The van der Waals surface area contributed by atoms with Crippen LogP contribution >= 0.6 is 0 Å². The first-order chi connectivity index (χ1) is 12.4. The highest BCUT2D eigenvalue weighted by molar-refractivity contribution is 5.95. The lowest BCUT2D eigenvalue weighted by Gasteiger charge is -2.10. The summed E-state index contributed by atoms with van der Waals surface area (Å²) in [6.07, 6.45) is -9.62. The van der Waals surface area contributed by atoms with Crippen LogP contribution in [0.5, 0.6) is 0 Å². The Kier molecular flexibility index (Phi) is 5.77. The lowest BCUT2D eigenvalue weighted by molar-refractivity contribution is -0.167. The van der Waals surface area contributed by atoms with E-state index < -0.39 is 24.2 Å². The van der Waals surface area contributed by atoms with Gasteiger partial charge in [0.2, 0.25) is 0 Å². The third-order valence-corrected chi connectivity index (χ3v) is 3.35. The number of amides is 2. The van der Waals surface area contributed by atoms with Gasteiger partial charge in [-0.2, -0.15) is 26.3 Å². The maximum Gasteiger partial charge on any atom is 0.471 e. The van der Waals surface area contributed by atoms with E-state index in [2.05, 4.69) is 0 Å². The third-order valence-electron chi connectivity index (χ3n) is 3.35. The van der Waals surface area contributed by atoms with Gasteiger partial charge in [0.05, 0.1) is 0 Å². The molecule has 0 aliphatic heterocycles. The summed E-state index contributed by atoms with van der Waals surface area (Å²) >= 11 is 0. The molecule has 2 rings (SSSR count). The van der Waals surface area contributed by atoms with Crippen molar-refractivity contribution in [3.8, 4) is 0 Å². The number of carbonyl (C=O) groups excluding carboxylic acids is 2. The number of halogens is 6. The zero-order valence-corrected chi connectivity index (χ0v) is 13.4. The molecular formula is C17H12F6N2O2. The zero-order chi connectivity index (χ0) is 20.2. The highest BCUT2D eigenvalue weighted by atomic mass is 19.4. The van der Waals surface area contributed by atoms with E-state index >= 15 is 0 Å².